The summed E-state index contributed by atoms with van der Waals surface area (Å²) in [5, 5.41) is 5.18. The predicted molar refractivity (Wildman–Crippen MR) is 90.5 cm³/mol. The number of para-hydroxylation sites is 1. The highest BCUT2D eigenvalue weighted by molar-refractivity contribution is 7.13. The topological polar surface area (TPSA) is 73.6 Å². The Balaban J connectivity index is 1.79. The minimum absolute atomic E-state index is 0.254. The molecule has 0 fully saturated rings. The molecule has 0 aliphatic rings. The molecule has 24 heavy (non-hydrogen) atoms. The van der Waals surface area contributed by atoms with Crippen LogP contribution in [0.25, 0.3) is 10.6 Å². The van der Waals surface area contributed by atoms with Crippen LogP contribution in [-0.2, 0) is 6.54 Å². The second kappa shape index (κ2) is 7.18. The lowest BCUT2D eigenvalue weighted by atomic mass is 10.2. The first-order valence-electron chi connectivity index (χ1n) is 7.20. The lowest BCUT2D eigenvalue weighted by Gasteiger charge is -2.10. The van der Waals surface area contributed by atoms with Crippen LogP contribution >= 0.6 is 11.3 Å². The molecule has 0 saturated carbocycles. The molecule has 0 unspecified atom stereocenters. The molecule has 0 spiro atoms. The first kappa shape index (κ1) is 16.1. The monoisotopic (exact) mass is 344 g/mol. The van der Waals surface area contributed by atoms with E-state index >= 15 is 0 Å². The van der Waals surface area contributed by atoms with E-state index < -0.39 is 0 Å². The fraction of sp³-hybridized carbons (Fsp3) is 0.176. The van der Waals surface area contributed by atoms with Crippen LogP contribution in [0, 0.1) is 0 Å². The SMILES string of the molecule is COc1cccc(-c2nc(C(=O)NCc3ccco3)cs2)c1OC. The van der Waals surface area contributed by atoms with Crippen molar-refractivity contribution in [2.45, 2.75) is 6.54 Å². The number of nitrogens with zero attached hydrogens (tertiary/aromatic N) is 1. The van der Waals surface area contributed by atoms with Gasteiger partial charge < -0.3 is 19.2 Å². The van der Waals surface area contributed by atoms with Gasteiger partial charge in [-0.1, -0.05) is 6.07 Å². The van der Waals surface area contributed by atoms with Gasteiger partial charge in [0.05, 0.1) is 32.6 Å². The van der Waals surface area contributed by atoms with Crippen LogP contribution in [0.5, 0.6) is 11.5 Å². The highest BCUT2D eigenvalue weighted by Crippen LogP contribution is 2.38. The molecule has 0 aliphatic heterocycles. The number of methoxy groups -OCH3 is 2. The molecule has 1 aromatic carbocycles. The number of carbonyl (C=O) groups excluding carboxylic acids is 1. The molecule has 0 bridgehead atoms. The van der Waals surface area contributed by atoms with E-state index in [1.165, 1.54) is 11.3 Å². The van der Waals surface area contributed by atoms with Crippen LogP contribution in [0.4, 0.5) is 0 Å². The minimum atomic E-state index is -0.254. The van der Waals surface area contributed by atoms with Crippen LogP contribution in [0.3, 0.4) is 0 Å². The van der Waals surface area contributed by atoms with Gasteiger partial charge in [0, 0.05) is 5.38 Å². The van der Waals surface area contributed by atoms with E-state index in [1.54, 1.807) is 38.0 Å². The molecule has 2 heterocycles. The number of amides is 1. The summed E-state index contributed by atoms with van der Waals surface area (Å²) >= 11 is 1.37. The Morgan fingerprint density at radius 3 is 2.83 bits per heavy atom. The third kappa shape index (κ3) is 3.26. The van der Waals surface area contributed by atoms with Crippen LogP contribution in [0.2, 0.25) is 0 Å². The number of hydrogen-bond donors (Lipinski definition) is 1. The zero-order chi connectivity index (χ0) is 16.9. The fourth-order valence-electron chi connectivity index (χ4n) is 2.23. The highest BCUT2D eigenvalue weighted by atomic mass is 32.1. The van der Waals surface area contributed by atoms with Gasteiger partial charge in [-0.05, 0) is 24.3 Å². The zero-order valence-electron chi connectivity index (χ0n) is 13.2. The molecule has 124 valence electrons. The number of thiazole rings is 1. The Morgan fingerprint density at radius 2 is 2.12 bits per heavy atom. The summed E-state index contributed by atoms with van der Waals surface area (Å²) in [6, 6.07) is 9.12. The quantitative estimate of drug-likeness (QED) is 0.742. The smallest absolute Gasteiger partial charge is 0.271 e. The van der Waals surface area contributed by atoms with Gasteiger partial charge in [-0.2, -0.15) is 0 Å². The van der Waals surface area contributed by atoms with Gasteiger partial charge in [-0.15, -0.1) is 11.3 Å². The van der Waals surface area contributed by atoms with Gasteiger partial charge in [-0.25, -0.2) is 4.98 Å². The number of aromatic nitrogens is 1. The maximum Gasteiger partial charge on any atom is 0.271 e. The second-order valence-electron chi connectivity index (χ2n) is 4.84. The van der Waals surface area contributed by atoms with E-state index in [-0.39, 0.29) is 5.91 Å². The molecular formula is C17H16N2O4S. The van der Waals surface area contributed by atoms with Crippen molar-refractivity contribution in [3.63, 3.8) is 0 Å². The van der Waals surface area contributed by atoms with E-state index in [0.29, 0.717) is 34.5 Å². The Kier molecular flexibility index (Phi) is 4.81. The largest absolute Gasteiger partial charge is 0.493 e. The summed E-state index contributed by atoms with van der Waals surface area (Å²) in [4.78, 5) is 16.6. The van der Waals surface area contributed by atoms with Gasteiger partial charge in [0.25, 0.3) is 5.91 Å². The predicted octanol–water partition coefficient (Wildman–Crippen LogP) is 3.35. The molecule has 0 aliphatic carbocycles. The van der Waals surface area contributed by atoms with Crippen molar-refractivity contribution in [3.8, 4) is 22.1 Å². The number of hydrogen-bond acceptors (Lipinski definition) is 6. The standard InChI is InChI=1S/C17H16N2O4S/c1-21-14-7-3-6-12(15(14)22-2)17-19-13(10-24-17)16(20)18-9-11-5-4-8-23-11/h3-8,10H,9H2,1-2H3,(H,18,20). The number of carbonyl (C=O) groups is 1. The first-order chi connectivity index (χ1) is 11.7. The van der Waals surface area contributed by atoms with Crippen LogP contribution in [-0.4, -0.2) is 25.1 Å². The Labute approximate surface area is 143 Å². The number of benzene rings is 1. The molecule has 7 heteroatoms. The Morgan fingerprint density at radius 1 is 1.25 bits per heavy atom. The van der Waals surface area contributed by atoms with Gasteiger partial charge >= 0.3 is 0 Å². The Hall–Kier alpha value is -2.80. The molecule has 0 saturated heterocycles. The minimum Gasteiger partial charge on any atom is -0.493 e. The van der Waals surface area contributed by atoms with E-state index in [0.717, 1.165) is 5.56 Å². The molecule has 3 aromatic rings. The van der Waals surface area contributed by atoms with Crippen molar-refractivity contribution in [1.29, 1.82) is 0 Å². The van der Waals surface area contributed by atoms with Crippen molar-refractivity contribution in [2.24, 2.45) is 0 Å². The van der Waals surface area contributed by atoms with Crippen molar-refractivity contribution < 1.29 is 18.7 Å². The molecule has 3 rings (SSSR count). The maximum atomic E-state index is 12.2. The molecule has 2 aromatic heterocycles. The molecule has 1 N–H and O–H groups in total. The second-order valence-corrected chi connectivity index (χ2v) is 5.70. The van der Waals surface area contributed by atoms with E-state index in [2.05, 4.69) is 10.3 Å². The molecule has 0 atom stereocenters. The summed E-state index contributed by atoms with van der Waals surface area (Å²) in [7, 11) is 3.16. The lowest BCUT2D eigenvalue weighted by molar-refractivity contribution is 0.0944. The van der Waals surface area contributed by atoms with Gasteiger partial charge in [0.1, 0.15) is 16.5 Å². The van der Waals surface area contributed by atoms with Crippen LogP contribution in [0.1, 0.15) is 16.2 Å². The van der Waals surface area contributed by atoms with Crippen molar-refractivity contribution in [3.05, 3.63) is 53.4 Å². The van der Waals surface area contributed by atoms with E-state index in [1.807, 2.05) is 18.2 Å². The number of ether oxygens (including phenoxy) is 2. The van der Waals surface area contributed by atoms with Gasteiger partial charge in [0.2, 0.25) is 0 Å². The summed E-state index contributed by atoms with van der Waals surface area (Å²) in [5.41, 5.74) is 1.14. The van der Waals surface area contributed by atoms with Crippen LogP contribution in [0.15, 0.2) is 46.4 Å². The summed E-state index contributed by atoms with van der Waals surface area (Å²) in [6.45, 7) is 0.321. The highest BCUT2D eigenvalue weighted by Gasteiger charge is 2.17. The van der Waals surface area contributed by atoms with Crippen LogP contribution < -0.4 is 14.8 Å². The van der Waals surface area contributed by atoms with E-state index in [4.69, 9.17) is 13.9 Å². The third-order valence-corrected chi connectivity index (χ3v) is 4.25. The van der Waals surface area contributed by atoms with Crippen molar-refractivity contribution in [1.82, 2.24) is 10.3 Å². The van der Waals surface area contributed by atoms with Crippen molar-refractivity contribution >= 4 is 17.2 Å². The molecule has 6 nitrogen and oxygen atoms in total. The number of rotatable bonds is 6. The zero-order valence-corrected chi connectivity index (χ0v) is 14.1. The first-order valence-corrected chi connectivity index (χ1v) is 8.08. The Bertz CT molecular complexity index is 827. The summed E-state index contributed by atoms with van der Waals surface area (Å²) in [5.74, 6) is 1.65. The maximum absolute atomic E-state index is 12.2. The summed E-state index contributed by atoms with van der Waals surface area (Å²) < 4.78 is 15.9. The number of nitrogens with one attached hydrogen (secondary N) is 1. The molecule has 1 amide bonds. The van der Waals surface area contributed by atoms with Gasteiger partial charge in [-0.3, -0.25) is 4.79 Å². The normalized spacial score (nSPS) is 10.4. The molecular weight excluding hydrogens is 328 g/mol. The average Bonchev–Trinajstić information content (AvgIpc) is 3.30. The van der Waals surface area contributed by atoms with Gasteiger partial charge in [0.15, 0.2) is 11.5 Å². The van der Waals surface area contributed by atoms with E-state index in [9.17, 15) is 4.79 Å². The molecule has 0 radical (unpaired) electrons. The average molecular weight is 344 g/mol. The fourth-order valence-corrected chi connectivity index (χ4v) is 3.05. The van der Waals surface area contributed by atoms with Crippen molar-refractivity contribution in [2.75, 3.05) is 14.2 Å². The third-order valence-electron chi connectivity index (χ3n) is 3.37. The lowest BCUT2D eigenvalue weighted by Crippen LogP contribution is -2.22. The summed E-state index contributed by atoms with van der Waals surface area (Å²) in [6.07, 6.45) is 1.57. The number of furan rings is 1.